The van der Waals surface area contributed by atoms with Crippen LogP contribution in [-0.4, -0.2) is 121 Å². The molecule has 2 aromatic rings. The molecule has 40 heteroatoms. The second kappa shape index (κ2) is 23.0. The van der Waals surface area contributed by atoms with Crippen LogP contribution in [0.3, 0.4) is 0 Å². The van der Waals surface area contributed by atoms with Crippen molar-refractivity contribution in [3.8, 4) is 11.5 Å². The first-order valence-corrected chi connectivity index (χ1v) is 30.6. The minimum atomic E-state index is -5.51. The Hall–Kier alpha value is -0.430. The van der Waals surface area contributed by atoms with Gasteiger partial charge < -0.3 is 57.0 Å². The first-order valence-electron chi connectivity index (χ1n) is 16.7. The lowest BCUT2D eigenvalue weighted by Crippen LogP contribution is -2.32. The highest BCUT2D eigenvalue weighted by molar-refractivity contribution is 8.09. The number of hydrogen-bond donors (Lipinski definition) is 8. The van der Waals surface area contributed by atoms with Crippen LogP contribution in [-0.2, 0) is 107 Å². The molecule has 360 valence electrons. The molecule has 10 unspecified atom stereocenters. The molecule has 64 heavy (non-hydrogen) atoms. The van der Waals surface area contributed by atoms with E-state index in [0.717, 1.165) is 11.1 Å². The fraction of sp³-hybridized carbons (Fsp3) is 0.500. The summed E-state index contributed by atoms with van der Waals surface area (Å²) in [5.74, 6) is -0.0642. The quantitative estimate of drug-likeness (QED) is 0.0611. The van der Waals surface area contributed by atoms with Crippen molar-refractivity contribution in [1.82, 2.24) is 0 Å². The number of hydrogen-bond acceptors (Lipinski definition) is 22. The van der Waals surface area contributed by atoms with E-state index in [-0.39, 0.29) is 24.3 Å². The second-order valence-corrected chi connectivity index (χ2v) is 26.6. The number of rotatable bonds is 22. The summed E-state index contributed by atoms with van der Waals surface area (Å²) in [6, 6.07) is 9.92. The van der Waals surface area contributed by atoms with Gasteiger partial charge in [0.15, 0.2) is 0 Å². The smallest absolute Gasteiger partial charge is 0.379 e. The summed E-state index contributed by atoms with van der Waals surface area (Å²) in [6.07, 6.45) is -5.63. The summed E-state index contributed by atoms with van der Waals surface area (Å²) in [6.45, 7) is -7.77. The molecule has 0 saturated carbocycles. The van der Waals surface area contributed by atoms with E-state index in [0.29, 0.717) is 0 Å². The van der Waals surface area contributed by atoms with E-state index in [4.69, 9.17) is 61.5 Å². The Kier molecular flexibility index (Phi) is 20.8. The molecule has 2 heterocycles. The van der Waals surface area contributed by atoms with Crippen LogP contribution in [0.4, 0.5) is 0 Å². The SMILES string of the molecule is [B]C1CC(OS(=O)(=O)Oc2ccc(C)cc2)C(COP(=O)(O)OP(=O)(O)OP(O)(O)=S)O1.[B]C1CC(OS(=O)(=O)Oc2ccc(C)cc2)C(COP(=O)(O)OP(O)(=S)OP(=O)(O)O)O1. The van der Waals surface area contributed by atoms with Crippen LogP contribution in [0.25, 0.3) is 0 Å². The first-order chi connectivity index (χ1) is 28.9. The van der Waals surface area contributed by atoms with E-state index < -0.39 is 115 Å². The molecule has 0 bridgehead atoms. The van der Waals surface area contributed by atoms with Crippen LogP contribution in [0.1, 0.15) is 24.0 Å². The van der Waals surface area contributed by atoms with E-state index in [9.17, 15) is 54.7 Å². The Morgan fingerprint density at radius 2 is 0.953 bits per heavy atom. The monoisotopic (exact) mass is 1110 g/mol. The van der Waals surface area contributed by atoms with Crippen molar-refractivity contribution in [2.24, 2.45) is 0 Å². The van der Waals surface area contributed by atoms with Gasteiger partial charge >= 0.3 is 65.5 Å². The predicted octanol–water partition coefficient (Wildman–Crippen LogP) is 1.49. The van der Waals surface area contributed by atoms with Gasteiger partial charge in [-0.25, -0.2) is 39.6 Å². The fourth-order valence-corrected chi connectivity index (χ4v) is 14.8. The Labute approximate surface area is 377 Å². The van der Waals surface area contributed by atoms with Crippen molar-refractivity contribution < 1.29 is 127 Å². The zero-order valence-electron chi connectivity index (χ0n) is 32.1. The van der Waals surface area contributed by atoms with Crippen molar-refractivity contribution in [3.05, 3.63) is 59.7 Å². The molecule has 4 radical (unpaired) electrons. The summed E-state index contributed by atoms with van der Waals surface area (Å²) in [4.78, 5) is 72.9. The van der Waals surface area contributed by atoms with Gasteiger partial charge in [0.1, 0.15) is 51.6 Å². The van der Waals surface area contributed by atoms with Gasteiger partial charge in [0.25, 0.3) is 0 Å². The number of aryl methyl sites for hydroxylation is 2. The Bertz CT molecular complexity index is 2250. The summed E-state index contributed by atoms with van der Waals surface area (Å²) >= 11 is 8.18. The molecular formula is C24H36B2O28P6S4. The third-order valence-corrected chi connectivity index (χ3v) is 18.2. The highest BCUT2D eigenvalue weighted by Gasteiger charge is 2.44. The molecular weight excluding hydrogens is 1070 g/mol. The normalized spacial score (nSPS) is 25.7. The summed E-state index contributed by atoms with van der Waals surface area (Å²) in [5, 5.41) is 0. The second-order valence-electron chi connectivity index (χ2n) is 12.5. The summed E-state index contributed by atoms with van der Waals surface area (Å²) in [5.41, 5.74) is 1.72. The van der Waals surface area contributed by atoms with Gasteiger partial charge in [-0.2, -0.15) is 21.1 Å². The van der Waals surface area contributed by atoms with E-state index >= 15 is 0 Å². The van der Waals surface area contributed by atoms with E-state index in [1.165, 1.54) is 24.3 Å². The molecule has 0 amide bonds. The van der Waals surface area contributed by atoms with Crippen LogP contribution in [0, 0.1) is 13.8 Å². The molecule has 4 rings (SSSR count). The number of phosphoric acid groups is 4. The molecule has 2 aliphatic heterocycles. The molecule has 2 fully saturated rings. The van der Waals surface area contributed by atoms with Crippen molar-refractivity contribution in [2.75, 3.05) is 13.2 Å². The Morgan fingerprint density at radius 1 is 0.594 bits per heavy atom. The molecule has 10 atom stereocenters. The molecule has 28 nitrogen and oxygen atoms in total. The topological polar surface area (TPSA) is 409 Å². The maximum atomic E-state index is 12.2. The number of phosphoric ester groups is 2. The zero-order chi connectivity index (χ0) is 48.7. The van der Waals surface area contributed by atoms with E-state index in [1.807, 2.05) is 0 Å². The predicted molar refractivity (Wildman–Crippen MR) is 222 cm³/mol. The summed E-state index contributed by atoms with van der Waals surface area (Å²) < 4.78 is 149. The first kappa shape index (κ1) is 57.9. The third kappa shape index (κ3) is 22.8. The number of benzene rings is 2. The minimum absolute atomic E-state index is 0.0290. The molecule has 0 aromatic heterocycles. The van der Waals surface area contributed by atoms with Gasteiger partial charge in [-0.15, -0.1) is 0 Å². The summed E-state index contributed by atoms with van der Waals surface area (Å²) in [7, 11) is -19.5. The molecule has 0 spiro atoms. The van der Waals surface area contributed by atoms with Gasteiger partial charge in [-0.05, 0) is 74.6 Å². The average molecular weight is 1110 g/mol. The third-order valence-electron chi connectivity index (χ3n) is 7.01. The Balaban J connectivity index is 0.000000340. The van der Waals surface area contributed by atoms with Crippen molar-refractivity contribution in [3.63, 3.8) is 0 Å². The molecule has 0 aliphatic carbocycles. The average Bonchev–Trinajstić information content (AvgIpc) is 3.60. The van der Waals surface area contributed by atoms with Crippen LogP contribution < -0.4 is 8.37 Å². The van der Waals surface area contributed by atoms with Gasteiger partial charge in [0.05, 0.1) is 13.2 Å². The van der Waals surface area contributed by atoms with Gasteiger partial charge in [-0.1, -0.05) is 35.4 Å². The van der Waals surface area contributed by atoms with Crippen LogP contribution in [0.5, 0.6) is 11.5 Å². The van der Waals surface area contributed by atoms with E-state index in [1.54, 1.807) is 38.1 Å². The van der Waals surface area contributed by atoms with Crippen molar-refractivity contribution in [2.45, 2.75) is 63.1 Å². The van der Waals surface area contributed by atoms with Crippen LogP contribution in [0.2, 0.25) is 0 Å². The van der Waals surface area contributed by atoms with Crippen LogP contribution in [0.15, 0.2) is 48.5 Å². The fourth-order valence-electron chi connectivity index (χ4n) is 4.70. The number of ether oxygens (including phenoxy) is 2. The van der Waals surface area contributed by atoms with Gasteiger partial charge in [-0.3, -0.25) is 9.05 Å². The molecule has 8 N–H and O–H groups in total. The maximum Gasteiger partial charge on any atom is 0.488 e. The molecule has 2 saturated heterocycles. The van der Waals surface area contributed by atoms with E-state index in [2.05, 4.69) is 49.9 Å². The van der Waals surface area contributed by atoms with Crippen molar-refractivity contribution >= 4 is 105 Å². The lowest BCUT2D eigenvalue weighted by Gasteiger charge is -2.22. The lowest BCUT2D eigenvalue weighted by atomic mass is 9.96. The highest BCUT2D eigenvalue weighted by atomic mass is 32.5. The van der Waals surface area contributed by atoms with Crippen molar-refractivity contribution in [1.29, 1.82) is 0 Å². The standard InChI is InChI=1S/2C12H18BO14P3S2/c1-8-2-4-9(5-3-8)24-32(20,21)25-10-6-12(13)23-11(10)7-22-28(14,15)26-29(16,17)27-30(18,19)31;1-8-2-4-9(5-3-8)24-32(20,21)25-10-6-12(13)23-11(10)7-22-29(17,18)27-30(19,31)26-28(14,15)16/h2-5,10-12H,6-7H2,1H3,(H,14,15)(H,16,17)(H2,18,19,31);2-5,10-12H,6-7H2,1H3,(H,17,18)(H,19,31)(H2,14,15,16). The highest BCUT2D eigenvalue weighted by Crippen LogP contribution is 2.67. The molecule has 2 aromatic carbocycles. The Morgan fingerprint density at radius 3 is 1.30 bits per heavy atom. The van der Waals surface area contributed by atoms with Gasteiger partial charge in [0.2, 0.25) is 0 Å². The zero-order valence-corrected chi connectivity index (χ0v) is 40.8. The van der Waals surface area contributed by atoms with Crippen LogP contribution >= 0.6 is 44.7 Å². The largest absolute Gasteiger partial charge is 0.488 e. The lowest BCUT2D eigenvalue weighted by molar-refractivity contribution is 0.00249. The maximum absolute atomic E-state index is 12.2. The van der Waals surface area contributed by atoms with Gasteiger partial charge in [0, 0.05) is 12.0 Å². The molecule has 2 aliphatic rings. The minimum Gasteiger partial charge on any atom is -0.379 e.